The predicted molar refractivity (Wildman–Crippen MR) is 89.4 cm³/mol. The molecule has 0 aliphatic heterocycles. The Kier molecular flexibility index (Phi) is 5.14. The molecule has 1 aromatic rings. The lowest BCUT2D eigenvalue weighted by molar-refractivity contribution is 0.0944. The molecule has 1 aliphatic rings. The molecule has 1 saturated carbocycles. The van der Waals surface area contributed by atoms with Crippen molar-refractivity contribution >= 4 is 27.8 Å². The number of ketones is 1. The van der Waals surface area contributed by atoms with E-state index < -0.39 is 0 Å². The number of carbonyl (C=O) groups excluding carboxylic acids is 1. The van der Waals surface area contributed by atoms with Crippen LogP contribution in [0.1, 0.15) is 49.7 Å². The molecule has 2 unspecified atom stereocenters. The van der Waals surface area contributed by atoms with Gasteiger partial charge in [0.15, 0.2) is 11.5 Å². The van der Waals surface area contributed by atoms with Crippen LogP contribution in [0.3, 0.4) is 0 Å². The third-order valence-electron chi connectivity index (χ3n) is 4.21. The Labute approximate surface area is 131 Å². The third kappa shape index (κ3) is 3.51. The summed E-state index contributed by atoms with van der Waals surface area (Å²) in [5, 5.41) is 4.33. The number of nitrogens with two attached hydrogens (primary N) is 1. The highest BCUT2D eigenvalue weighted by atomic mass is 32.1. The summed E-state index contributed by atoms with van der Waals surface area (Å²) < 4.78 is 5.39. The number of Topliss-reactive ketones (excluding diaryl/α,β-unsaturated/α-hetero) is 1. The zero-order valence-electron chi connectivity index (χ0n) is 13.4. The Morgan fingerprint density at radius 3 is 2.71 bits per heavy atom. The molecular formula is C16H26N2O2S. The molecule has 0 radical (unpaired) electrons. The van der Waals surface area contributed by atoms with E-state index in [1.807, 2.05) is 13.8 Å². The minimum Gasteiger partial charge on any atom is -0.492 e. The topological polar surface area (TPSA) is 64.3 Å². The average molecular weight is 310 g/mol. The first-order valence-corrected chi connectivity index (χ1v) is 8.50. The van der Waals surface area contributed by atoms with Crippen LogP contribution in [-0.2, 0) is 0 Å². The van der Waals surface area contributed by atoms with Crippen molar-refractivity contribution in [3.63, 3.8) is 0 Å². The zero-order chi connectivity index (χ0) is 15.6. The van der Waals surface area contributed by atoms with Crippen LogP contribution in [0.5, 0.6) is 5.75 Å². The first-order valence-electron chi connectivity index (χ1n) is 7.68. The van der Waals surface area contributed by atoms with Crippen molar-refractivity contribution in [1.82, 2.24) is 0 Å². The second-order valence-electron chi connectivity index (χ2n) is 6.39. The van der Waals surface area contributed by atoms with Gasteiger partial charge in [0.05, 0.1) is 17.7 Å². The van der Waals surface area contributed by atoms with Crippen molar-refractivity contribution in [3.8, 4) is 5.75 Å². The number of hydrogen-bond acceptors (Lipinski definition) is 5. The summed E-state index contributed by atoms with van der Waals surface area (Å²) in [5.74, 6) is 2.18. The number of nitrogens with one attached hydrogen (secondary N) is 1. The van der Waals surface area contributed by atoms with E-state index in [0.29, 0.717) is 22.2 Å². The molecule has 3 N–H and O–H groups in total. The quantitative estimate of drug-likeness (QED) is 0.779. The smallest absolute Gasteiger partial charge is 0.177 e. The molecule has 0 amide bonds. The minimum absolute atomic E-state index is 0.0563. The molecular weight excluding hydrogens is 284 g/mol. The molecule has 1 aromatic heterocycles. The molecule has 1 heterocycles. The van der Waals surface area contributed by atoms with Crippen molar-refractivity contribution in [2.75, 3.05) is 24.7 Å². The lowest BCUT2D eigenvalue weighted by Crippen LogP contribution is -2.11. The maximum Gasteiger partial charge on any atom is 0.177 e. The maximum absolute atomic E-state index is 12.2. The van der Waals surface area contributed by atoms with Gasteiger partial charge in [0, 0.05) is 12.5 Å². The fourth-order valence-electron chi connectivity index (χ4n) is 2.94. The monoisotopic (exact) mass is 310 g/mol. The zero-order valence-corrected chi connectivity index (χ0v) is 14.2. The van der Waals surface area contributed by atoms with Crippen LogP contribution < -0.4 is 15.8 Å². The molecule has 1 fully saturated rings. The summed E-state index contributed by atoms with van der Waals surface area (Å²) in [6.07, 6.45) is 3.86. The van der Waals surface area contributed by atoms with Gasteiger partial charge in [-0.1, -0.05) is 27.2 Å². The number of rotatable bonds is 6. The Hall–Kier alpha value is -1.23. The molecule has 21 heavy (non-hydrogen) atoms. The molecule has 2 rings (SSSR count). The van der Waals surface area contributed by atoms with E-state index in [0.717, 1.165) is 17.5 Å². The van der Waals surface area contributed by atoms with Gasteiger partial charge in [-0.15, -0.1) is 11.3 Å². The van der Waals surface area contributed by atoms with E-state index in [4.69, 9.17) is 10.5 Å². The van der Waals surface area contributed by atoms with E-state index in [9.17, 15) is 4.79 Å². The first-order chi connectivity index (χ1) is 9.93. The second kappa shape index (κ2) is 6.69. The normalized spacial score (nSPS) is 21.8. The van der Waals surface area contributed by atoms with Gasteiger partial charge in [-0.2, -0.15) is 0 Å². The Balaban J connectivity index is 2.11. The molecule has 0 spiro atoms. The SMILES string of the molecule is COc1c(NCC2CCC(C)C2)sc(C(=O)C(C)C)c1N. The fourth-order valence-corrected chi connectivity index (χ4v) is 4.12. The average Bonchev–Trinajstić information content (AvgIpc) is 2.99. The first kappa shape index (κ1) is 16.1. The van der Waals surface area contributed by atoms with Crippen LogP contribution in [-0.4, -0.2) is 19.4 Å². The van der Waals surface area contributed by atoms with E-state index in [-0.39, 0.29) is 11.7 Å². The number of carbonyl (C=O) groups is 1. The number of ether oxygens (including phenoxy) is 1. The van der Waals surface area contributed by atoms with Crippen LogP contribution in [0.25, 0.3) is 0 Å². The Morgan fingerprint density at radius 2 is 2.19 bits per heavy atom. The maximum atomic E-state index is 12.2. The Bertz CT molecular complexity index is 511. The standard InChI is InChI=1S/C16H26N2O2S/c1-9(2)13(19)15-12(17)14(20-4)16(21-15)18-8-11-6-5-10(3)7-11/h9-11,18H,5-8,17H2,1-4H3. The summed E-state index contributed by atoms with van der Waals surface area (Å²) in [6, 6.07) is 0. The molecule has 118 valence electrons. The number of hydrogen-bond donors (Lipinski definition) is 2. The van der Waals surface area contributed by atoms with Crippen LogP contribution >= 0.6 is 11.3 Å². The summed E-state index contributed by atoms with van der Waals surface area (Å²) >= 11 is 1.42. The van der Waals surface area contributed by atoms with Gasteiger partial charge in [-0.25, -0.2) is 0 Å². The molecule has 0 bridgehead atoms. The van der Waals surface area contributed by atoms with Crippen molar-refractivity contribution in [2.45, 2.75) is 40.0 Å². The number of anilines is 2. The predicted octanol–water partition coefficient (Wildman–Crippen LogP) is 4.03. The molecule has 0 aromatic carbocycles. The van der Waals surface area contributed by atoms with Crippen molar-refractivity contribution in [3.05, 3.63) is 4.88 Å². The van der Waals surface area contributed by atoms with Crippen LogP contribution in [0, 0.1) is 17.8 Å². The van der Waals surface area contributed by atoms with Gasteiger partial charge in [0.2, 0.25) is 0 Å². The molecule has 5 heteroatoms. The third-order valence-corrected chi connectivity index (χ3v) is 5.37. The molecule has 4 nitrogen and oxygen atoms in total. The van der Waals surface area contributed by atoms with Gasteiger partial charge >= 0.3 is 0 Å². The number of methoxy groups -OCH3 is 1. The van der Waals surface area contributed by atoms with Crippen LogP contribution in [0.2, 0.25) is 0 Å². The highest BCUT2D eigenvalue weighted by Crippen LogP contribution is 2.43. The largest absolute Gasteiger partial charge is 0.492 e. The minimum atomic E-state index is -0.0563. The highest BCUT2D eigenvalue weighted by Gasteiger charge is 2.25. The van der Waals surface area contributed by atoms with Gasteiger partial charge in [0.1, 0.15) is 5.00 Å². The summed E-state index contributed by atoms with van der Waals surface area (Å²) in [5.41, 5.74) is 6.56. The summed E-state index contributed by atoms with van der Waals surface area (Å²) in [4.78, 5) is 12.8. The van der Waals surface area contributed by atoms with Crippen LogP contribution in [0.15, 0.2) is 0 Å². The van der Waals surface area contributed by atoms with E-state index in [2.05, 4.69) is 12.2 Å². The van der Waals surface area contributed by atoms with Gasteiger partial charge < -0.3 is 15.8 Å². The molecule has 2 atom stereocenters. The summed E-state index contributed by atoms with van der Waals surface area (Å²) in [6.45, 7) is 7.01. The van der Waals surface area contributed by atoms with Crippen LogP contribution in [0.4, 0.5) is 10.7 Å². The van der Waals surface area contributed by atoms with Crippen molar-refractivity contribution < 1.29 is 9.53 Å². The number of thiophene rings is 1. The highest BCUT2D eigenvalue weighted by molar-refractivity contribution is 7.19. The van der Waals surface area contributed by atoms with E-state index in [1.54, 1.807) is 7.11 Å². The fraction of sp³-hybridized carbons (Fsp3) is 0.688. The lowest BCUT2D eigenvalue weighted by atomic mass is 10.1. The van der Waals surface area contributed by atoms with E-state index >= 15 is 0 Å². The van der Waals surface area contributed by atoms with Gasteiger partial charge in [-0.3, -0.25) is 4.79 Å². The van der Waals surface area contributed by atoms with Gasteiger partial charge in [-0.05, 0) is 24.7 Å². The lowest BCUT2D eigenvalue weighted by Gasteiger charge is -2.12. The number of nitrogen functional groups attached to an aromatic ring is 1. The molecule has 1 aliphatic carbocycles. The summed E-state index contributed by atoms with van der Waals surface area (Å²) in [7, 11) is 1.60. The van der Waals surface area contributed by atoms with Gasteiger partial charge in [0.25, 0.3) is 0 Å². The van der Waals surface area contributed by atoms with Crippen molar-refractivity contribution in [2.24, 2.45) is 17.8 Å². The van der Waals surface area contributed by atoms with E-state index in [1.165, 1.54) is 30.6 Å². The Morgan fingerprint density at radius 1 is 1.48 bits per heavy atom. The van der Waals surface area contributed by atoms with Crippen molar-refractivity contribution in [1.29, 1.82) is 0 Å². The molecule has 0 saturated heterocycles. The second-order valence-corrected chi connectivity index (χ2v) is 7.41.